The molecule has 0 bridgehead atoms. The van der Waals surface area contributed by atoms with E-state index in [2.05, 4.69) is 27.8 Å². The third-order valence-electron chi connectivity index (χ3n) is 5.05. The summed E-state index contributed by atoms with van der Waals surface area (Å²) in [4.78, 5) is 7.31. The Labute approximate surface area is 144 Å². The van der Waals surface area contributed by atoms with Gasteiger partial charge in [-0.25, -0.2) is 0 Å². The summed E-state index contributed by atoms with van der Waals surface area (Å²) in [5, 5.41) is 10.1. The molecule has 2 aliphatic heterocycles. The SMILES string of the molecule is CN1CCN(C[C@H]2CCCN(c3c(Cl)cccc3C#N)C2)CC1. The van der Waals surface area contributed by atoms with Gasteiger partial charge in [0.25, 0.3) is 0 Å². The maximum absolute atomic E-state index is 9.38. The van der Waals surface area contributed by atoms with Gasteiger partial charge < -0.3 is 14.7 Å². The van der Waals surface area contributed by atoms with Crippen LogP contribution >= 0.6 is 11.6 Å². The molecule has 1 aromatic carbocycles. The highest BCUT2D eigenvalue weighted by atomic mass is 35.5. The summed E-state index contributed by atoms with van der Waals surface area (Å²) < 4.78 is 0. The van der Waals surface area contributed by atoms with Gasteiger partial charge in [0, 0.05) is 45.8 Å². The lowest BCUT2D eigenvalue weighted by Crippen LogP contribution is -2.48. The van der Waals surface area contributed by atoms with Crippen molar-refractivity contribution in [1.82, 2.24) is 9.80 Å². The molecule has 0 saturated carbocycles. The van der Waals surface area contributed by atoms with E-state index in [0.717, 1.165) is 25.3 Å². The molecule has 1 atom stereocenters. The lowest BCUT2D eigenvalue weighted by atomic mass is 9.96. The largest absolute Gasteiger partial charge is 0.369 e. The molecule has 2 fully saturated rings. The van der Waals surface area contributed by atoms with Crippen molar-refractivity contribution >= 4 is 17.3 Å². The second-order valence-corrected chi connectivity index (χ2v) is 7.21. The Balaban J connectivity index is 1.66. The molecule has 0 N–H and O–H groups in total. The number of likely N-dealkylation sites (N-methyl/N-ethyl adjacent to an activating group) is 1. The summed E-state index contributed by atoms with van der Waals surface area (Å²) in [5.41, 5.74) is 1.62. The summed E-state index contributed by atoms with van der Waals surface area (Å²) in [7, 11) is 2.19. The third-order valence-corrected chi connectivity index (χ3v) is 5.36. The first kappa shape index (κ1) is 16.6. The van der Waals surface area contributed by atoms with E-state index in [9.17, 15) is 5.26 Å². The maximum Gasteiger partial charge on any atom is 0.101 e. The van der Waals surface area contributed by atoms with Gasteiger partial charge in [-0.15, -0.1) is 0 Å². The number of halogens is 1. The average Bonchev–Trinajstić information content (AvgIpc) is 2.57. The molecule has 124 valence electrons. The Morgan fingerprint density at radius 2 is 2.00 bits per heavy atom. The number of nitriles is 1. The Kier molecular flexibility index (Phi) is 5.42. The summed E-state index contributed by atoms with van der Waals surface area (Å²) in [6.07, 6.45) is 2.45. The van der Waals surface area contributed by atoms with Crippen LogP contribution in [0, 0.1) is 17.2 Å². The number of benzene rings is 1. The van der Waals surface area contributed by atoms with Crippen LogP contribution in [0.4, 0.5) is 5.69 Å². The Bertz CT molecular complexity index is 575. The summed E-state index contributed by atoms with van der Waals surface area (Å²) >= 11 is 6.39. The lowest BCUT2D eigenvalue weighted by Gasteiger charge is -2.39. The van der Waals surface area contributed by atoms with Crippen molar-refractivity contribution in [2.75, 3.05) is 57.8 Å². The van der Waals surface area contributed by atoms with Crippen molar-refractivity contribution in [1.29, 1.82) is 5.26 Å². The Hall–Kier alpha value is -1.28. The van der Waals surface area contributed by atoms with Crippen LogP contribution in [0.25, 0.3) is 0 Å². The zero-order valence-electron chi connectivity index (χ0n) is 13.8. The van der Waals surface area contributed by atoms with Gasteiger partial charge >= 0.3 is 0 Å². The van der Waals surface area contributed by atoms with Crippen molar-refractivity contribution in [3.63, 3.8) is 0 Å². The zero-order valence-corrected chi connectivity index (χ0v) is 14.6. The quantitative estimate of drug-likeness (QED) is 0.852. The van der Waals surface area contributed by atoms with E-state index in [1.54, 1.807) is 0 Å². The van der Waals surface area contributed by atoms with Crippen molar-refractivity contribution < 1.29 is 0 Å². The van der Waals surface area contributed by atoms with E-state index in [4.69, 9.17) is 11.6 Å². The van der Waals surface area contributed by atoms with Gasteiger partial charge in [0.15, 0.2) is 0 Å². The van der Waals surface area contributed by atoms with Crippen LogP contribution in [0.5, 0.6) is 0 Å². The minimum absolute atomic E-state index is 0.662. The van der Waals surface area contributed by atoms with Crippen molar-refractivity contribution in [2.24, 2.45) is 5.92 Å². The van der Waals surface area contributed by atoms with E-state index in [0.29, 0.717) is 16.5 Å². The van der Waals surface area contributed by atoms with Crippen LogP contribution in [-0.2, 0) is 0 Å². The van der Waals surface area contributed by atoms with Crippen LogP contribution in [0.2, 0.25) is 5.02 Å². The van der Waals surface area contributed by atoms with Gasteiger partial charge in [0.1, 0.15) is 6.07 Å². The van der Waals surface area contributed by atoms with Crippen molar-refractivity contribution in [3.8, 4) is 6.07 Å². The molecular formula is C18H25ClN4. The van der Waals surface area contributed by atoms with E-state index in [1.165, 1.54) is 39.0 Å². The van der Waals surface area contributed by atoms with E-state index < -0.39 is 0 Å². The van der Waals surface area contributed by atoms with Gasteiger partial charge in [0.05, 0.1) is 16.3 Å². The number of anilines is 1. The van der Waals surface area contributed by atoms with E-state index in [1.807, 2.05) is 18.2 Å². The van der Waals surface area contributed by atoms with E-state index in [-0.39, 0.29) is 0 Å². The highest BCUT2D eigenvalue weighted by Gasteiger charge is 2.26. The van der Waals surface area contributed by atoms with Crippen LogP contribution in [-0.4, -0.2) is 62.7 Å². The molecule has 4 nitrogen and oxygen atoms in total. The molecule has 2 aliphatic rings. The number of hydrogen-bond acceptors (Lipinski definition) is 4. The van der Waals surface area contributed by atoms with Crippen LogP contribution in [0.15, 0.2) is 18.2 Å². The zero-order chi connectivity index (χ0) is 16.2. The minimum Gasteiger partial charge on any atom is -0.369 e. The van der Waals surface area contributed by atoms with Crippen molar-refractivity contribution in [2.45, 2.75) is 12.8 Å². The van der Waals surface area contributed by atoms with Gasteiger partial charge in [-0.1, -0.05) is 17.7 Å². The van der Waals surface area contributed by atoms with E-state index >= 15 is 0 Å². The normalized spacial score (nSPS) is 23.7. The maximum atomic E-state index is 9.38. The van der Waals surface area contributed by atoms with Crippen molar-refractivity contribution in [3.05, 3.63) is 28.8 Å². The molecule has 2 heterocycles. The number of hydrogen-bond donors (Lipinski definition) is 0. The fourth-order valence-electron chi connectivity index (χ4n) is 3.74. The molecule has 23 heavy (non-hydrogen) atoms. The Morgan fingerprint density at radius 3 is 2.74 bits per heavy atom. The Morgan fingerprint density at radius 1 is 1.22 bits per heavy atom. The number of para-hydroxylation sites is 1. The van der Waals surface area contributed by atoms with Gasteiger partial charge in [-0.2, -0.15) is 5.26 Å². The van der Waals surface area contributed by atoms with Crippen LogP contribution < -0.4 is 4.90 Å². The second-order valence-electron chi connectivity index (χ2n) is 6.81. The van der Waals surface area contributed by atoms with Gasteiger partial charge in [-0.3, -0.25) is 0 Å². The highest BCUT2D eigenvalue weighted by Crippen LogP contribution is 2.33. The number of piperidine rings is 1. The molecule has 1 aromatic rings. The number of piperazine rings is 1. The first-order chi connectivity index (χ1) is 11.2. The molecule has 3 rings (SSSR count). The smallest absolute Gasteiger partial charge is 0.101 e. The molecule has 0 spiro atoms. The summed E-state index contributed by atoms with van der Waals surface area (Å²) in [6.45, 7) is 7.84. The minimum atomic E-state index is 0.662. The fourth-order valence-corrected chi connectivity index (χ4v) is 4.03. The van der Waals surface area contributed by atoms with Crippen LogP contribution in [0.1, 0.15) is 18.4 Å². The summed E-state index contributed by atoms with van der Waals surface area (Å²) in [6, 6.07) is 7.91. The molecule has 5 heteroatoms. The fraction of sp³-hybridized carbons (Fsp3) is 0.611. The topological polar surface area (TPSA) is 33.5 Å². The second kappa shape index (κ2) is 7.53. The third kappa shape index (κ3) is 3.98. The molecule has 0 amide bonds. The standard InChI is InChI=1S/C18H25ClN4/c1-21-8-10-22(11-9-21)13-15-4-3-7-23(14-15)18-16(12-20)5-2-6-17(18)19/h2,5-6,15H,3-4,7-11,13-14H2,1H3/t15-/m1/s1. The van der Waals surface area contributed by atoms with Crippen LogP contribution in [0.3, 0.4) is 0 Å². The first-order valence-electron chi connectivity index (χ1n) is 8.52. The van der Waals surface area contributed by atoms with Gasteiger partial charge in [0.2, 0.25) is 0 Å². The molecule has 0 radical (unpaired) electrons. The molecule has 0 aliphatic carbocycles. The number of nitrogens with zero attached hydrogens (tertiary/aromatic N) is 4. The summed E-state index contributed by atoms with van der Waals surface area (Å²) in [5.74, 6) is 0.662. The molecular weight excluding hydrogens is 308 g/mol. The molecule has 0 unspecified atom stereocenters. The predicted octanol–water partition coefficient (Wildman–Crippen LogP) is 2.68. The monoisotopic (exact) mass is 332 g/mol. The molecule has 2 saturated heterocycles. The lowest BCUT2D eigenvalue weighted by molar-refractivity contribution is 0.131. The number of rotatable bonds is 3. The molecule has 0 aromatic heterocycles. The predicted molar refractivity (Wildman–Crippen MR) is 95.0 cm³/mol. The highest BCUT2D eigenvalue weighted by molar-refractivity contribution is 6.33. The average molecular weight is 333 g/mol. The first-order valence-corrected chi connectivity index (χ1v) is 8.89. The van der Waals surface area contributed by atoms with Gasteiger partial charge in [-0.05, 0) is 37.9 Å².